The second kappa shape index (κ2) is 9.71. The highest BCUT2D eigenvalue weighted by atomic mass is 16.6. The van der Waals surface area contributed by atoms with Crippen LogP contribution in [0.25, 0.3) is 0 Å². The van der Waals surface area contributed by atoms with E-state index in [9.17, 15) is 4.79 Å². The molecule has 6 nitrogen and oxygen atoms in total. The molecule has 0 aliphatic carbocycles. The van der Waals surface area contributed by atoms with E-state index >= 15 is 0 Å². The fourth-order valence-electron chi connectivity index (χ4n) is 3.79. The Morgan fingerprint density at radius 1 is 0.935 bits per heavy atom. The van der Waals surface area contributed by atoms with E-state index in [4.69, 9.17) is 13.9 Å². The summed E-state index contributed by atoms with van der Waals surface area (Å²) in [7, 11) is 0. The van der Waals surface area contributed by atoms with Gasteiger partial charge in [0.1, 0.15) is 19.0 Å². The van der Waals surface area contributed by atoms with Crippen LogP contribution < -0.4 is 20.1 Å². The van der Waals surface area contributed by atoms with Crippen molar-refractivity contribution >= 4 is 5.91 Å². The molecule has 0 fully saturated rings. The fourth-order valence-corrected chi connectivity index (χ4v) is 3.79. The van der Waals surface area contributed by atoms with Crippen LogP contribution in [0.4, 0.5) is 0 Å². The Balaban J connectivity index is 1.44. The largest absolute Gasteiger partial charge is 0.486 e. The van der Waals surface area contributed by atoms with E-state index in [1.807, 2.05) is 60.7 Å². The number of hydrogen-bond acceptors (Lipinski definition) is 5. The fraction of sp³-hybridized carbons (Fsp3) is 0.320. The number of hydrogen-bond donors (Lipinski definition) is 2. The van der Waals surface area contributed by atoms with Crippen LogP contribution in [0.2, 0.25) is 0 Å². The van der Waals surface area contributed by atoms with Gasteiger partial charge in [-0.05, 0) is 41.3 Å². The number of ether oxygens (including phenoxy) is 2. The van der Waals surface area contributed by atoms with Crippen LogP contribution in [-0.2, 0) is 4.79 Å². The molecule has 0 radical (unpaired) electrons. The van der Waals surface area contributed by atoms with Gasteiger partial charge in [-0.15, -0.1) is 0 Å². The summed E-state index contributed by atoms with van der Waals surface area (Å²) in [6.07, 6.45) is 1.64. The van der Waals surface area contributed by atoms with Gasteiger partial charge >= 0.3 is 0 Å². The lowest BCUT2D eigenvalue weighted by atomic mass is 9.95. The molecule has 2 heterocycles. The maximum atomic E-state index is 12.9. The molecule has 0 bridgehead atoms. The standard InChI is InChI=1S/C25H28N2O4/c1-17(2)24(19-10-11-20-22(15-19)31-14-13-30-20)27-23(28)16-26-25(21-9-6-12-29-21)18-7-4-3-5-8-18/h3-12,15,17,24-26H,13-14,16H2,1-2H3,(H,27,28)/t24-,25-/m1/s1. The quantitative estimate of drug-likeness (QED) is 0.570. The van der Waals surface area contributed by atoms with Gasteiger partial charge in [-0.1, -0.05) is 50.2 Å². The highest BCUT2D eigenvalue weighted by molar-refractivity contribution is 5.78. The van der Waals surface area contributed by atoms with Crippen LogP contribution in [0, 0.1) is 5.92 Å². The molecule has 4 rings (SSSR count). The summed E-state index contributed by atoms with van der Waals surface area (Å²) >= 11 is 0. The number of rotatable bonds is 8. The molecule has 1 aromatic heterocycles. The maximum absolute atomic E-state index is 12.9. The molecule has 0 unspecified atom stereocenters. The Morgan fingerprint density at radius 2 is 1.71 bits per heavy atom. The van der Waals surface area contributed by atoms with Gasteiger partial charge in [0.25, 0.3) is 0 Å². The Hall–Kier alpha value is -3.25. The second-order valence-corrected chi connectivity index (χ2v) is 7.93. The minimum absolute atomic E-state index is 0.0823. The highest BCUT2D eigenvalue weighted by Gasteiger charge is 2.23. The number of carbonyl (C=O) groups excluding carboxylic acids is 1. The predicted molar refractivity (Wildman–Crippen MR) is 118 cm³/mol. The molecule has 162 valence electrons. The number of fused-ring (bicyclic) bond motifs is 1. The zero-order chi connectivity index (χ0) is 21.6. The third-order valence-electron chi connectivity index (χ3n) is 5.34. The van der Waals surface area contributed by atoms with Crippen molar-refractivity contribution in [2.45, 2.75) is 25.9 Å². The van der Waals surface area contributed by atoms with Crippen molar-refractivity contribution in [3.63, 3.8) is 0 Å². The average Bonchev–Trinajstić information content (AvgIpc) is 3.32. The van der Waals surface area contributed by atoms with Crippen molar-refractivity contribution in [3.8, 4) is 11.5 Å². The summed E-state index contributed by atoms with van der Waals surface area (Å²) in [5, 5.41) is 6.50. The number of carbonyl (C=O) groups is 1. The minimum atomic E-state index is -0.200. The van der Waals surface area contributed by atoms with E-state index in [2.05, 4.69) is 24.5 Å². The smallest absolute Gasteiger partial charge is 0.234 e. The first kappa shape index (κ1) is 21.0. The van der Waals surface area contributed by atoms with Gasteiger partial charge < -0.3 is 19.2 Å². The molecule has 1 aliphatic rings. The Kier molecular flexibility index (Phi) is 6.57. The lowest BCUT2D eigenvalue weighted by Gasteiger charge is -2.26. The first-order valence-electron chi connectivity index (χ1n) is 10.6. The topological polar surface area (TPSA) is 72.7 Å². The van der Waals surface area contributed by atoms with Gasteiger partial charge in [-0.3, -0.25) is 10.1 Å². The van der Waals surface area contributed by atoms with Crippen molar-refractivity contribution in [3.05, 3.63) is 83.8 Å². The molecule has 6 heteroatoms. The van der Waals surface area contributed by atoms with Crippen molar-refractivity contribution in [2.24, 2.45) is 5.92 Å². The summed E-state index contributed by atoms with van der Waals surface area (Å²) < 4.78 is 16.9. The minimum Gasteiger partial charge on any atom is -0.486 e. The van der Waals surface area contributed by atoms with Gasteiger partial charge in [0, 0.05) is 0 Å². The van der Waals surface area contributed by atoms with Gasteiger partial charge in [0.2, 0.25) is 5.91 Å². The van der Waals surface area contributed by atoms with E-state index in [-0.39, 0.29) is 30.5 Å². The van der Waals surface area contributed by atoms with Gasteiger partial charge in [0.05, 0.1) is 24.9 Å². The monoisotopic (exact) mass is 420 g/mol. The number of amides is 1. The van der Waals surface area contributed by atoms with Crippen LogP contribution in [0.15, 0.2) is 71.3 Å². The molecule has 0 saturated carbocycles. The number of benzene rings is 2. The van der Waals surface area contributed by atoms with E-state index in [0.29, 0.717) is 13.2 Å². The van der Waals surface area contributed by atoms with Crippen molar-refractivity contribution in [1.29, 1.82) is 0 Å². The lowest BCUT2D eigenvalue weighted by molar-refractivity contribution is -0.121. The summed E-state index contributed by atoms with van der Waals surface area (Å²) in [4.78, 5) is 12.9. The van der Waals surface area contributed by atoms with Crippen molar-refractivity contribution < 1.29 is 18.7 Å². The van der Waals surface area contributed by atoms with Crippen molar-refractivity contribution in [2.75, 3.05) is 19.8 Å². The maximum Gasteiger partial charge on any atom is 0.234 e. The Bertz CT molecular complexity index is 986. The van der Waals surface area contributed by atoms with Crippen LogP contribution in [0.5, 0.6) is 11.5 Å². The molecule has 1 amide bonds. The molecule has 0 saturated heterocycles. The van der Waals surface area contributed by atoms with Crippen molar-refractivity contribution in [1.82, 2.24) is 10.6 Å². The van der Waals surface area contributed by atoms with Crippen LogP contribution in [0.1, 0.15) is 42.8 Å². The Labute approximate surface area is 182 Å². The Morgan fingerprint density at radius 3 is 2.42 bits per heavy atom. The van der Waals surface area contributed by atoms with E-state index in [0.717, 1.165) is 28.4 Å². The summed E-state index contributed by atoms with van der Waals surface area (Å²) in [6.45, 7) is 5.43. The third kappa shape index (κ3) is 5.09. The number of nitrogens with one attached hydrogen (secondary N) is 2. The molecule has 3 aromatic rings. The molecule has 2 N–H and O–H groups in total. The zero-order valence-corrected chi connectivity index (χ0v) is 17.8. The summed E-state index contributed by atoms with van der Waals surface area (Å²) in [6, 6.07) is 19.2. The van der Waals surface area contributed by atoms with Gasteiger partial charge in [0.15, 0.2) is 11.5 Å². The lowest BCUT2D eigenvalue weighted by Crippen LogP contribution is -2.39. The average molecular weight is 421 g/mol. The third-order valence-corrected chi connectivity index (χ3v) is 5.34. The second-order valence-electron chi connectivity index (χ2n) is 7.93. The summed E-state index contributed by atoms with van der Waals surface area (Å²) in [5.41, 5.74) is 2.04. The predicted octanol–water partition coefficient (Wildman–Crippen LogP) is 4.24. The van der Waals surface area contributed by atoms with E-state index in [1.165, 1.54) is 0 Å². The number of furan rings is 1. The zero-order valence-electron chi connectivity index (χ0n) is 17.8. The van der Waals surface area contributed by atoms with E-state index in [1.54, 1.807) is 6.26 Å². The van der Waals surface area contributed by atoms with E-state index < -0.39 is 0 Å². The molecule has 1 aliphatic heterocycles. The first-order valence-corrected chi connectivity index (χ1v) is 10.6. The molecule has 31 heavy (non-hydrogen) atoms. The molecule has 2 atom stereocenters. The summed E-state index contributed by atoms with van der Waals surface area (Å²) in [5.74, 6) is 2.37. The molecule has 2 aromatic carbocycles. The highest BCUT2D eigenvalue weighted by Crippen LogP contribution is 2.34. The van der Waals surface area contributed by atoms with Crippen LogP contribution >= 0.6 is 0 Å². The molecular formula is C25H28N2O4. The van der Waals surface area contributed by atoms with Crippen LogP contribution in [0.3, 0.4) is 0 Å². The van der Waals surface area contributed by atoms with Gasteiger partial charge in [-0.25, -0.2) is 0 Å². The first-order chi connectivity index (χ1) is 15.1. The SMILES string of the molecule is CC(C)[C@@H](NC(=O)CN[C@H](c1ccccc1)c1ccco1)c1ccc2c(c1)OCCO2. The normalized spacial score (nSPS) is 14.8. The molecular weight excluding hydrogens is 392 g/mol. The van der Waals surface area contributed by atoms with Crippen LogP contribution in [-0.4, -0.2) is 25.7 Å². The molecule has 0 spiro atoms. The van der Waals surface area contributed by atoms with Gasteiger partial charge in [-0.2, -0.15) is 0 Å².